The minimum Gasteiger partial charge on any atom is -0.459 e. The van der Waals surface area contributed by atoms with Crippen LogP contribution in [0.4, 0.5) is 0 Å². The molecular weight excluding hydrogens is 338 g/mol. The zero-order valence-corrected chi connectivity index (χ0v) is 16.6. The van der Waals surface area contributed by atoms with Gasteiger partial charge in [-0.15, -0.1) is 0 Å². The number of Topliss-reactive ketones (excluding diaryl/α,β-unsaturated/α-hetero) is 1. The molecule has 144 valence electrons. The summed E-state index contributed by atoms with van der Waals surface area (Å²) in [6.07, 6.45) is 0.730. The largest absolute Gasteiger partial charge is 0.459 e. The van der Waals surface area contributed by atoms with Gasteiger partial charge in [-0.25, -0.2) is 0 Å². The number of benzene rings is 2. The first-order chi connectivity index (χ1) is 12.8. The lowest BCUT2D eigenvalue weighted by Crippen LogP contribution is -2.43. The second-order valence-corrected chi connectivity index (χ2v) is 7.75. The molecule has 27 heavy (non-hydrogen) atoms. The number of esters is 1. The van der Waals surface area contributed by atoms with Gasteiger partial charge in [0.15, 0.2) is 0 Å². The standard InChI is InChI=1S/C23H29NO3/c1-17(25)15-16-20(22(26)27-23(2,3)4)24-21(18-11-7-5-8-12-18)19-13-9-6-10-14-19/h5-14,20-21,24H,15-16H2,1-4H3/t20-/m1/s1. The first kappa shape index (κ1) is 20.8. The highest BCUT2D eigenvalue weighted by molar-refractivity contribution is 5.79. The van der Waals surface area contributed by atoms with Gasteiger partial charge in [-0.05, 0) is 45.2 Å². The van der Waals surface area contributed by atoms with Crippen molar-refractivity contribution in [2.75, 3.05) is 0 Å². The zero-order chi connectivity index (χ0) is 19.9. The van der Waals surface area contributed by atoms with E-state index < -0.39 is 11.6 Å². The number of carbonyl (C=O) groups excluding carboxylic acids is 2. The molecule has 4 nitrogen and oxygen atoms in total. The summed E-state index contributed by atoms with van der Waals surface area (Å²) in [6.45, 7) is 7.08. The summed E-state index contributed by atoms with van der Waals surface area (Å²) >= 11 is 0. The van der Waals surface area contributed by atoms with E-state index in [1.807, 2.05) is 81.4 Å². The molecule has 0 aliphatic carbocycles. The van der Waals surface area contributed by atoms with Crippen molar-refractivity contribution in [3.8, 4) is 0 Å². The predicted molar refractivity (Wildman–Crippen MR) is 107 cm³/mol. The van der Waals surface area contributed by atoms with Gasteiger partial charge in [0, 0.05) is 6.42 Å². The van der Waals surface area contributed by atoms with Gasteiger partial charge >= 0.3 is 5.97 Å². The van der Waals surface area contributed by atoms with Crippen molar-refractivity contribution >= 4 is 11.8 Å². The summed E-state index contributed by atoms with van der Waals surface area (Å²) in [7, 11) is 0. The van der Waals surface area contributed by atoms with Crippen LogP contribution in [0.15, 0.2) is 60.7 Å². The monoisotopic (exact) mass is 367 g/mol. The average Bonchev–Trinajstić information content (AvgIpc) is 2.61. The van der Waals surface area contributed by atoms with E-state index >= 15 is 0 Å². The van der Waals surface area contributed by atoms with Gasteiger partial charge in [0.05, 0.1) is 6.04 Å². The van der Waals surface area contributed by atoms with Gasteiger partial charge in [-0.2, -0.15) is 0 Å². The Hall–Kier alpha value is -2.46. The van der Waals surface area contributed by atoms with E-state index in [-0.39, 0.29) is 17.8 Å². The van der Waals surface area contributed by atoms with E-state index in [1.54, 1.807) is 0 Å². The molecule has 2 aromatic carbocycles. The minimum atomic E-state index is -0.581. The second-order valence-electron chi connectivity index (χ2n) is 7.75. The first-order valence-corrected chi connectivity index (χ1v) is 9.34. The van der Waals surface area contributed by atoms with Crippen molar-refractivity contribution in [2.45, 2.75) is 58.2 Å². The van der Waals surface area contributed by atoms with E-state index in [9.17, 15) is 9.59 Å². The molecule has 1 N–H and O–H groups in total. The highest BCUT2D eigenvalue weighted by Gasteiger charge is 2.28. The predicted octanol–water partition coefficient (Wildman–Crippen LogP) is 4.45. The molecule has 2 rings (SSSR count). The minimum absolute atomic E-state index is 0.0568. The van der Waals surface area contributed by atoms with Crippen molar-refractivity contribution in [1.82, 2.24) is 5.32 Å². The maximum absolute atomic E-state index is 12.8. The van der Waals surface area contributed by atoms with Crippen LogP contribution in [0, 0.1) is 0 Å². The molecule has 0 aromatic heterocycles. The molecule has 0 amide bonds. The molecule has 2 aromatic rings. The van der Waals surface area contributed by atoms with Crippen molar-refractivity contribution in [1.29, 1.82) is 0 Å². The lowest BCUT2D eigenvalue weighted by Gasteiger charge is -2.28. The molecule has 0 bridgehead atoms. The van der Waals surface area contributed by atoms with E-state index in [1.165, 1.54) is 6.92 Å². The quantitative estimate of drug-likeness (QED) is 0.701. The van der Waals surface area contributed by atoms with Crippen molar-refractivity contribution < 1.29 is 14.3 Å². The summed E-state index contributed by atoms with van der Waals surface area (Å²) in [5.74, 6) is -0.276. The number of nitrogens with one attached hydrogen (secondary N) is 1. The third-order valence-corrected chi connectivity index (χ3v) is 4.11. The molecule has 0 saturated carbocycles. The summed E-state index contributed by atoms with van der Waals surface area (Å²) in [5, 5.41) is 3.44. The number of hydrogen-bond donors (Lipinski definition) is 1. The van der Waals surface area contributed by atoms with Crippen LogP contribution in [-0.4, -0.2) is 23.4 Å². The SMILES string of the molecule is CC(=O)CC[C@@H](NC(c1ccccc1)c1ccccc1)C(=O)OC(C)(C)C. The Bertz CT molecular complexity index is 696. The van der Waals surface area contributed by atoms with Gasteiger partial charge < -0.3 is 9.53 Å². The lowest BCUT2D eigenvalue weighted by molar-refractivity contribution is -0.157. The third kappa shape index (κ3) is 6.99. The number of ketones is 1. The Morgan fingerprint density at radius 2 is 1.41 bits per heavy atom. The van der Waals surface area contributed by atoms with Crippen LogP contribution in [0.5, 0.6) is 0 Å². The normalized spacial score (nSPS) is 12.6. The number of rotatable bonds is 8. The van der Waals surface area contributed by atoms with Gasteiger partial charge in [0.2, 0.25) is 0 Å². The highest BCUT2D eigenvalue weighted by atomic mass is 16.6. The van der Waals surface area contributed by atoms with Crippen molar-refractivity contribution in [2.24, 2.45) is 0 Å². The lowest BCUT2D eigenvalue weighted by atomic mass is 9.96. The van der Waals surface area contributed by atoms with Crippen molar-refractivity contribution in [3.63, 3.8) is 0 Å². The van der Waals surface area contributed by atoms with Gasteiger partial charge in [0.25, 0.3) is 0 Å². The fourth-order valence-corrected chi connectivity index (χ4v) is 2.87. The fourth-order valence-electron chi connectivity index (χ4n) is 2.87. The van der Waals surface area contributed by atoms with Crippen LogP contribution in [0.3, 0.4) is 0 Å². The van der Waals surface area contributed by atoms with Gasteiger partial charge in [-0.3, -0.25) is 10.1 Å². The van der Waals surface area contributed by atoms with Crippen molar-refractivity contribution in [3.05, 3.63) is 71.8 Å². The molecule has 0 aliphatic heterocycles. The van der Waals surface area contributed by atoms with Crippen LogP contribution in [-0.2, 0) is 14.3 Å². The second kappa shape index (κ2) is 9.47. The van der Waals surface area contributed by atoms with Gasteiger partial charge in [0.1, 0.15) is 17.4 Å². The summed E-state index contributed by atoms with van der Waals surface area (Å²) < 4.78 is 5.59. The van der Waals surface area contributed by atoms with Gasteiger partial charge in [-0.1, -0.05) is 60.7 Å². The Morgan fingerprint density at radius 3 is 1.81 bits per heavy atom. The number of ether oxygens (including phenoxy) is 1. The van der Waals surface area contributed by atoms with Crippen LogP contribution >= 0.6 is 0 Å². The van der Waals surface area contributed by atoms with Crippen LogP contribution in [0.2, 0.25) is 0 Å². The molecule has 4 heteroatoms. The van der Waals surface area contributed by atoms with Crippen LogP contribution in [0.25, 0.3) is 0 Å². The first-order valence-electron chi connectivity index (χ1n) is 9.34. The average molecular weight is 367 g/mol. The summed E-state index contributed by atoms with van der Waals surface area (Å²) in [4.78, 5) is 24.3. The number of hydrogen-bond acceptors (Lipinski definition) is 4. The van der Waals surface area contributed by atoms with E-state index in [2.05, 4.69) is 5.32 Å². The molecule has 0 spiro atoms. The molecule has 0 aliphatic rings. The Kier molecular flexibility index (Phi) is 7.31. The highest BCUT2D eigenvalue weighted by Crippen LogP contribution is 2.24. The molecule has 0 heterocycles. The molecule has 0 saturated heterocycles. The fraction of sp³-hybridized carbons (Fsp3) is 0.391. The maximum Gasteiger partial charge on any atom is 0.323 e. The molecule has 0 radical (unpaired) electrons. The Labute approximate surface area is 161 Å². The summed E-state index contributed by atoms with van der Waals surface area (Å²) in [5.41, 5.74) is 1.53. The molecular formula is C23H29NO3. The number of carbonyl (C=O) groups is 2. The smallest absolute Gasteiger partial charge is 0.323 e. The van der Waals surface area contributed by atoms with E-state index in [0.29, 0.717) is 12.8 Å². The van der Waals surface area contributed by atoms with Crippen LogP contribution in [0.1, 0.15) is 57.7 Å². The zero-order valence-electron chi connectivity index (χ0n) is 16.6. The maximum atomic E-state index is 12.8. The van der Waals surface area contributed by atoms with Crippen LogP contribution < -0.4 is 5.32 Å². The Morgan fingerprint density at radius 1 is 0.926 bits per heavy atom. The topological polar surface area (TPSA) is 55.4 Å². The van der Waals surface area contributed by atoms with E-state index in [0.717, 1.165) is 11.1 Å². The molecule has 1 atom stereocenters. The third-order valence-electron chi connectivity index (χ3n) is 4.11. The molecule has 0 fully saturated rings. The molecule has 0 unspecified atom stereocenters. The Balaban J connectivity index is 2.31. The summed E-state index contributed by atoms with van der Waals surface area (Å²) in [6, 6.07) is 19.2. The van der Waals surface area contributed by atoms with E-state index in [4.69, 9.17) is 4.74 Å².